The summed E-state index contributed by atoms with van der Waals surface area (Å²) in [5.74, 6) is -0.420. The number of anilines is 1. The van der Waals surface area contributed by atoms with Crippen LogP contribution in [0.1, 0.15) is 18.0 Å². The molecule has 0 bridgehead atoms. The average Bonchev–Trinajstić information content (AvgIpc) is 3.05. The molecule has 0 radical (unpaired) electrons. The number of rotatable bonds is 6. The van der Waals surface area contributed by atoms with Crippen molar-refractivity contribution in [2.75, 3.05) is 32.1 Å². The van der Waals surface area contributed by atoms with Crippen LogP contribution < -0.4 is 10.2 Å². The van der Waals surface area contributed by atoms with E-state index in [4.69, 9.17) is 11.6 Å². The van der Waals surface area contributed by atoms with Crippen molar-refractivity contribution in [3.05, 3.63) is 65.2 Å². The van der Waals surface area contributed by atoms with Gasteiger partial charge >= 0.3 is 0 Å². The zero-order chi connectivity index (χ0) is 19.4. The molecule has 2 aromatic rings. The molecule has 2 amide bonds. The van der Waals surface area contributed by atoms with Gasteiger partial charge in [0.05, 0.1) is 12.0 Å². The van der Waals surface area contributed by atoms with Crippen molar-refractivity contribution in [1.29, 1.82) is 0 Å². The van der Waals surface area contributed by atoms with Gasteiger partial charge in [0.15, 0.2) is 0 Å². The SMILES string of the molecule is CN(C)C(CNC(=O)C1CC(=O)N(c2ccccc2)C1)c1ccc(Cl)cc1. The van der Waals surface area contributed by atoms with E-state index in [1.165, 1.54) is 0 Å². The van der Waals surface area contributed by atoms with E-state index in [1.54, 1.807) is 4.90 Å². The Balaban J connectivity index is 1.61. The second kappa shape index (κ2) is 8.55. The summed E-state index contributed by atoms with van der Waals surface area (Å²) in [6.07, 6.45) is 0.244. The summed E-state index contributed by atoms with van der Waals surface area (Å²) in [7, 11) is 3.95. The summed E-state index contributed by atoms with van der Waals surface area (Å²) in [5.41, 5.74) is 1.92. The third-order valence-corrected chi connectivity index (χ3v) is 5.16. The summed E-state index contributed by atoms with van der Waals surface area (Å²) < 4.78 is 0. The molecule has 0 saturated carbocycles. The van der Waals surface area contributed by atoms with Crippen molar-refractivity contribution < 1.29 is 9.59 Å². The van der Waals surface area contributed by atoms with E-state index in [2.05, 4.69) is 10.2 Å². The minimum atomic E-state index is -0.328. The third kappa shape index (κ3) is 4.67. The van der Waals surface area contributed by atoms with Gasteiger partial charge in [0.25, 0.3) is 0 Å². The minimum Gasteiger partial charge on any atom is -0.354 e. The number of para-hydroxylation sites is 1. The van der Waals surface area contributed by atoms with Crippen molar-refractivity contribution in [2.24, 2.45) is 5.92 Å². The molecule has 5 nitrogen and oxygen atoms in total. The highest BCUT2D eigenvalue weighted by Gasteiger charge is 2.35. The highest BCUT2D eigenvalue weighted by molar-refractivity contribution is 6.30. The van der Waals surface area contributed by atoms with E-state index in [0.29, 0.717) is 18.1 Å². The molecule has 1 aliphatic heterocycles. The van der Waals surface area contributed by atoms with Crippen molar-refractivity contribution in [3.63, 3.8) is 0 Å². The number of hydrogen-bond acceptors (Lipinski definition) is 3. The van der Waals surface area contributed by atoms with Gasteiger partial charge in [0.1, 0.15) is 0 Å². The summed E-state index contributed by atoms with van der Waals surface area (Å²) >= 11 is 5.97. The van der Waals surface area contributed by atoms with E-state index in [0.717, 1.165) is 11.3 Å². The maximum Gasteiger partial charge on any atom is 0.227 e. The van der Waals surface area contributed by atoms with Crippen LogP contribution in [0.15, 0.2) is 54.6 Å². The van der Waals surface area contributed by atoms with Crippen LogP contribution in [0.2, 0.25) is 5.02 Å². The Morgan fingerprint density at radius 1 is 1.19 bits per heavy atom. The van der Waals surface area contributed by atoms with Crippen LogP contribution in [-0.4, -0.2) is 43.9 Å². The van der Waals surface area contributed by atoms with E-state index in [-0.39, 0.29) is 30.2 Å². The number of hydrogen-bond donors (Lipinski definition) is 1. The van der Waals surface area contributed by atoms with Gasteiger partial charge in [-0.05, 0) is 43.9 Å². The second-order valence-corrected chi connectivity index (χ2v) is 7.45. The molecule has 2 atom stereocenters. The first-order chi connectivity index (χ1) is 13.0. The quantitative estimate of drug-likeness (QED) is 0.831. The Hall–Kier alpha value is -2.37. The molecule has 27 heavy (non-hydrogen) atoms. The third-order valence-electron chi connectivity index (χ3n) is 4.91. The normalized spacial score (nSPS) is 18.0. The van der Waals surface area contributed by atoms with Crippen LogP contribution in [0.4, 0.5) is 5.69 Å². The molecule has 1 fully saturated rings. The first-order valence-electron chi connectivity index (χ1n) is 9.00. The molecule has 0 aromatic heterocycles. The lowest BCUT2D eigenvalue weighted by atomic mass is 10.0. The molecule has 0 spiro atoms. The molecule has 142 valence electrons. The van der Waals surface area contributed by atoms with Crippen LogP contribution in [0.5, 0.6) is 0 Å². The fraction of sp³-hybridized carbons (Fsp3) is 0.333. The number of nitrogens with one attached hydrogen (secondary N) is 1. The van der Waals surface area contributed by atoms with Crippen molar-refractivity contribution >= 4 is 29.1 Å². The first-order valence-corrected chi connectivity index (χ1v) is 9.38. The molecule has 3 rings (SSSR count). The topological polar surface area (TPSA) is 52.7 Å². The molecular weight excluding hydrogens is 362 g/mol. The zero-order valence-electron chi connectivity index (χ0n) is 15.6. The van der Waals surface area contributed by atoms with Gasteiger partial charge in [0.2, 0.25) is 11.8 Å². The second-order valence-electron chi connectivity index (χ2n) is 7.02. The van der Waals surface area contributed by atoms with Gasteiger partial charge in [-0.2, -0.15) is 0 Å². The molecule has 1 N–H and O–H groups in total. The number of carbonyl (C=O) groups excluding carboxylic acids is 2. The van der Waals surface area contributed by atoms with Gasteiger partial charge in [-0.1, -0.05) is 41.9 Å². The predicted octanol–water partition coefficient (Wildman–Crippen LogP) is 3.11. The summed E-state index contributed by atoms with van der Waals surface area (Å²) in [4.78, 5) is 28.7. The van der Waals surface area contributed by atoms with Gasteiger partial charge in [-0.3, -0.25) is 9.59 Å². The molecular formula is C21H24ClN3O2. The van der Waals surface area contributed by atoms with Crippen LogP contribution in [0, 0.1) is 5.92 Å². The Kier molecular flexibility index (Phi) is 6.14. The maximum absolute atomic E-state index is 12.7. The largest absolute Gasteiger partial charge is 0.354 e. The van der Waals surface area contributed by atoms with Crippen LogP contribution >= 0.6 is 11.6 Å². The lowest BCUT2D eigenvalue weighted by Crippen LogP contribution is -2.38. The van der Waals surface area contributed by atoms with E-state index in [9.17, 15) is 9.59 Å². The molecule has 0 aliphatic carbocycles. The number of nitrogens with zero attached hydrogens (tertiary/aromatic N) is 2. The molecule has 2 aromatic carbocycles. The van der Waals surface area contributed by atoms with E-state index >= 15 is 0 Å². The molecule has 6 heteroatoms. The highest BCUT2D eigenvalue weighted by Crippen LogP contribution is 2.25. The van der Waals surface area contributed by atoms with Gasteiger partial charge < -0.3 is 15.1 Å². The summed E-state index contributed by atoms with van der Waals surface area (Å²) in [5, 5.41) is 3.71. The van der Waals surface area contributed by atoms with Gasteiger partial charge in [0, 0.05) is 30.2 Å². The summed E-state index contributed by atoms with van der Waals surface area (Å²) in [6.45, 7) is 0.895. The monoisotopic (exact) mass is 385 g/mol. The van der Waals surface area contributed by atoms with Gasteiger partial charge in [-0.15, -0.1) is 0 Å². The maximum atomic E-state index is 12.7. The Labute approximate surface area is 164 Å². The van der Waals surface area contributed by atoms with E-state index < -0.39 is 0 Å². The Morgan fingerprint density at radius 3 is 2.48 bits per heavy atom. The Morgan fingerprint density at radius 2 is 1.85 bits per heavy atom. The number of halogens is 1. The van der Waals surface area contributed by atoms with Crippen LogP contribution in [-0.2, 0) is 9.59 Å². The smallest absolute Gasteiger partial charge is 0.227 e. The first kappa shape index (κ1) is 19.4. The number of amides is 2. The standard InChI is InChI=1S/C21H24ClN3O2/c1-24(2)19(15-8-10-17(22)11-9-15)13-23-21(27)16-12-20(26)25(14-16)18-6-4-3-5-7-18/h3-11,16,19H,12-14H2,1-2H3,(H,23,27). The molecule has 1 aliphatic rings. The lowest BCUT2D eigenvalue weighted by molar-refractivity contribution is -0.126. The van der Waals surface area contributed by atoms with Gasteiger partial charge in [-0.25, -0.2) is 0 Å². The minimum absolute atomic E-state index is 0.0109. The van der Waals surface area contributed by atoms with Crippen molar-refractivity contribution in [1.82, 2.24) is 10.2 Å². The Bertz CT molecular complexity index is 793. The van der Waals surface area contributed by atoms with Crippen molar-refractivity contribution in [2.45, 2.75) is 12.5 Å². The van der Waals surface area contributed by atoms with Crippen LogP contribution in [0.25, 0.3) is 0 Å². The number of benzene rings is 2. The molecule has 1 saturated heterocycles. The predicted molar refractivity (Wildman–Crippen MR) is 108 cm³/mol. The van der Waals surface area contributed by atoms with Crippen LogP contribution in [0.3, 0.4) is 0 Å². The highest BCUT2D eigenvalue weighted by atomic mass is 35.5. The fourth-order valence-electron chi connectivity index (χ4n) is 3.37. The number of likely N-dealkylation sites (N-methyl/N-ethyl adjacent to an activating group) is 1. The summed E-state index contributed by atoms with van der Waals surface area (Å²) in [6, 6.07) is 17.1. The molecule has 2 unspecified atom stereocenters. The fourth-order valence-corrected chi connectivity index (χ4v) is 3.49. The lowest BCUT2D eigenvalue weighted by Gasteiger charge is -2.26. The van der Waals surface area contributed by atoms with E-state index in [1.807, 2.05) is 68.7 Å². The average molecular weight is 386 g/mol. The zero-order valence-corrected chi connectivity index (χ0v) is 16.3. The van der Waals surface area contributed by atoms with Crippen molar-refractivity contribution in [3.8, 4) is 0 Å². The number of carbonyl (C=O) groups is 2. The molecule has 1 heterocycles.